The summed E-state index contributed by atoms with van der Waals surface area (Å²) in [6.07, 6.45) is 1.08. The Labute approximate surface area is 129 Å². The molecule has 1 aromatic rings. The fraction of sp³-hybridized carbons (Fsp3) is 0.417. The van der Waals surface area contributed by atoms with Crippen LogP contribution in [0.2, 0.25) is 0 Å². The molecule has 0 bridgehead atoms. The number of hydrogen-bond donors (Lipinski definition) is 0. The van der Waals surface area contributed by atoms with E-state index >= 15 is 0 Å². The molecule has 112 valence electrons. The highest BCUT2D eigenvalue weighted by molar-refractivity contribution is 9.10. The molecule has 0 aliphatic carbocycles. The van der Waals surface area contributed by atoms with E-state index in [1.54, 1.807) is 18.2 Å². The Morgan fingerprint density at radius 2 is 2.05 bits per heavy atom. The maximum absolute atomic E-state index is 11.9. The van der Waals surface area contributed by atoms with Crippen LogP contribution in [0.3, 0.4) is 0 Å². The predicted octanol–water partition coefficient (Wildman–Crippen LogP) is 1.43. The molecule has 0 heterocycles. The number of sulfone groups is 1. The first kappa shape index (κ1) is 17.3. The molecular formula is C12H15BrO5S2. The third-order valence-corrected chi connectivity index (χ3v) is 5.52. The summed E-state index contributed by atoms with van der Waals surface area (Å²) in [4.78, 5) is 11.9. The Balaban J connectivity index is 2.67. The Morgan fingerprint density at radius 1 is 1.40 bits per heavy atom. The van der Waals surface area contributed by atoms with E-state index in [1.165, 1.54) is 7.11 Å². The lowest BCUT2D eigenvalue weighted by Crippen LogP contribution is -2.18. The summed E-state index contributed by atoms with van der Waals surface area (Å²) in [5, 5.41) is 0. The van der Waals surface area contributed by atoms with Crippen molar-refractivity contribution in [2.45, 2.75) is 0 Å². The van der Waals surface area contributed by atoms with Crippen LogP contribution >= 0.6 is 15.9 Å². The SMILES string of the molecule is COc1ccc(C(=O)CS(=O)CCS(C)(=O)=O)cc1Br. The van der Waals surface area contributed by atoms with Crippen molar-refractivity contribution in [3.63, 3.8) is 0 Å². The van der Waals surface area contributed by atoms with Crippen LogP contribution in [0.25, 0.3) is 0 Å². The second-order valence-corrected chi connectivity index (χ2v) is 8.88. The zero-order chi connectivity index (χ0) is 15.3. The molecule has 0 radical (unpaired) electrons. The third kappa shape index (κ3) is 5.72. The standard InChI is InChI=1S/C12H15BrO5S2/c1-18-12-4-3-9(7-10(12)13)11(14)8-19(15)5-6-20(2,16)17/h3-4,7H,5-6,8H2,1-2H3. The number of Topliss-reactive ketones (excluding diaryl/α,β-unsaturated/α-hetero) is 1. The van der Waals surface area contributed by atoms with Gasteiger partial charge in [0.05, 0.1) is 23.1 Å². The molecule has 0 aliphatic rings. The van der Waals surface area contributed by atoms with Crippen molar-refractivity contribution in [3.8, 4) is 5.75 Å². The summed E-state index contributed by atoms with van der Waals surface area (Å²) in [5.41, 5.74) is 0.408. The van der Waals surface area contributed by atoms with Crippen LogP contribution < -0.4 is 4.74 Å². The lowest BCUT2D eigenvalue weighted by molar-refractivity contribution is 0.102. The predicted molar refractivity (Wildman–Crippen MR) is 82.6 cm³/mol. The van der Waals surface area contributed by atoms with Gasteiger partial charge in [0.15, 0.2) is 5.78 Å². The number of carbonyl (C=O) groups excluding carboxylic acids is 1. The zero-order valence-electron chi connectivity index (χ0n) is 11.1. The Kier molecular flexibility index (Phi) is 6.35. The molecule has 0 saturated heterocycles. The quantitative estimate of drug-likeness (QED) is 0.666. The second-order valence-electron chi connectivity index (χ2n) is 4.19. The van der Waals surface area contributed by atoms with Gasteiger partial charge in [0.2, 0.25) is 0 Å². The minimum atomic E-state index is -3.16. The largest absolute Gasteiger partial charge is 0.496 e. The van der Waals surface area contributed by atoms with Gasteiger partial charge in [-0.25, -0.2) is 8.42 Å². The number of halogens is 1. The van der Waals surface area contributed by atoms with E-state index in [2.05, 4.69) is 15.9 Å². The first-order valence-corrected chi connectivity index (χ1v) is 9.96. The maximum Gasteiger partial charge on any atom is 0.175 e. The van der Waals surface area contributed by atoms with Crippen molar-refractivity contribution in [2.24, 2.45) is 0 Å². The van der Waals surface area contributed by atoms with Gasteiger partial charge in [0, 0.05) is 28.4 Å². The summed E-state index contributed by atoms with van der Waals surface area (Å²) in [6, 6.07) is 4.81. The molecular weight excluding hydrogens is 368 g/mol. The number of benzene rings is 1. The minimum absolute atomic E-state index is 0.0259. The van der Waals surface area contributed by atoms with Crippen molar-refractivity contribution < 1.29 is 22.2 Å². The van der Waals surface area contributed by atoms with E-state index in [0.29, 0.717) is 15.8 Å². The Hall–Kier alpha value is -0.730. The van der Waals surface area contributed by atoms with Gasteiger partial charge in [-0.05, 0) is 34.1 Å². The Bertz CT molecular complexity index is 625. The van der Waals surface area contributed by atoms with Crippen LogP contribution in [0, 0.1) is 0 Å². The topological polar surface area (TPSA) is 77.5 Å². The summed E-state index contributed by atoms with van der Waals surface area (Å²) < 4.78 is 39.3. The molecule has 0 amide bonds. The normalized spacial score (nSPS) is 12.9. The van der Waals surface area contributed by atoms with Crippen LogP contribution in [0.1, 0.15) is 10.4 Å². The lowest BCUT2D eigenvalue weighted by atomic mass is 10.1. The summed E-state index contributed by atoms with van der Waals surface area (Å²) in [7, 11) is -3.13. The average Bonchev–Trinajstić information content (AvgIpc) is 2.35. The number of ether oxygens (including phenoxy) is 1. The second kappa shape index (κ2) is 7.33. The van der Waals surface area contributed by atoms with Crippen molar-refractivity contribution in [1.82, 2.24) is 0 Å². The van der Waals surface area contributed by atoms with Gasteiger partial charge in [0.1, 0.15) is 15.6 Å². The van der Waals surface area contributed by atoms with Gasteiger partial charge < -0.3 is 4.74 Å². The fourth-order valence-corrected chi connectivity index (χ4v) is 4.48. The lowest BCUT2D eigenvalue weighted by Gasteiger charge is -2.06. The molecule has 0 aliphatic heterocycles. The highest BCUT2D eigenvalue weighted by atomic mass is 79.9. The fourth-order valence-electron chi connectivity index (χ4n) is 1.39. The molecule has 0 saturated carbocycles. The highest BCUT2D eigenvalue weighted by Crippen LogP contribution is 2.25. The Morgan fingerprint density at radius 3 is 2.55 bits per heavy atom. The summed E-state index contributed by atoms with van der Waals surface area (Å²) >= 11 is 3.27. The smallest absolute Gasteiger partial charge is 0.175 e. The van der Waals surface area contributed by atoms with Crippen LogP contribution in [0.4, 0.5) is 0 Å². The average molecular weight is 383 g/mol. The van der Waals surface area contributed by atoms with Crippen LogP contribution in [-0.2, 0) is 20.6 Å². The van der Waals surface area contributed by atoms with Crippen molar-refractivity contribution in [2.75, 3.05) is 30.6 Å². The van der Waals surface area contributed by atoms with Crippen LogP contribution in [0.15, 0.2) is 22.7 Å². The molecule has 0 aromatic heterocycles. The number of rotatable bonds is 7. The summed E-state index contributed by atoms with van der Waals surface area (Å²) in [5.74, 6) is -0.0880. The highest BCUT2D eigenvalue weighted by Gasteiger charge is 2.14. The molecule has 1 rings (SSSR count). The van der Waals surface area contributed by atoms with Gasteiger partial charge in [0.25, 0.3) is 0 Å². The number of ketones is 1. The van der Waals surface area contributed by atoms with Gasteiger partial charge in [-0.15, -0.1) is 0 Å². The van der Waals surface area contributed by atoms with Crippen molar-refractivity contribution in [1.29, 1.82) is 0 Å². The maximum atomic E-state index is 11.9. The molecule has 0 spiro atoms. The van der Waals surface area contributed by atoms with Gasteiger partial charge in [-0.1, -0.05) is 0 Å². The van der Waals surface area contributed by atoms with E-state index in [-0.39, 0.29) is 23.0 Å². The van der Waals surface area contributed by atoms with E-state index < -0.39 is 20.6 Å². The summed E-state index contributed by atoms with van der Waals surface area (Å²) in [6.45, 7) is 0. The molecule has 8 heteroatoms. The molecule has 0 N–H and O–H groups in total. The van der Waals surface area contributed by atoms with Gasteiger partial charge in [-0.3, -0.25) is 9.00 Å². The first-order chi connectivity index (χ1) is 9.23. The third-order valence-electron chi connectivity index (χ3n) is 2.45. The minimum Gasteiger partial charge on any atom is -0.496 e. The first-order valence-electron chi connectivity index (χ1n) is 5.62. The van der Waals surface area contributed by atoms with E-state index in [4.69, 9.17) is 4.74 Å². The van der Waals surface area contributed by atoms with E-state index in [9.17, 15) is 17.4 Å². The van der Waals surface area contributed by atoms with Crippen LogP contribution in [0.5, 0.6) is 5.75 Å². The number of hydrogen-bond acceptors (Lipinski definition) is 5. The number of methoxy groups -OCH3 is 1. The molecule has 5 nitrogen and oxygen atoms in total. The van der Waals surface area contributed by atoms with E-state index in [0.717, 1.165) is 6.26 Å². The van der Waals surface area contributed by atoms with Gasteiger partial charge >= 0.3 is 0 Å². The molecule has 0 fully saturated rings. The van der Waals surface area contributed by atoms with E-state index in [1.807, 2.05) is 0 Å². The van der Waals surface area contributed by atoms with Crippen molar-refractivity contribution >= 4 is 42.4 Å². The molecule has 1 atom stereocenters. The van der Waals surface area contributed by atoms with Crippen molar-refractivity contribution in [3.05, 3.63) is 28.2 Å². The zero-order valence-corrected chi connectivity index (χ0v) is 14.3. The molecule has 20 heavy (non-hydrogen) atoms. The van der Waals surface area contributed by atoms with Crippen LogP contribution in [-0.4, -0.2) is 49.0 Å². The molecule has 1 unspecified atom stereocenters. The number of carbonyl (C=O) groups is 1. The van der Waals surface area contributed by atoms with Gasteiger partial charge in [-0.2, -0.15) is 0 Å². The monoisotopic (exact) mass is 382 g/mol. The molecule has 1 aromatic carbocycles.